The molecule has 1 unspecified atom stereocenters. The van der Waals surface area contributed by atoms with Crippen molar-refractivity contribution in [3.05, 3.63) is 16.3 Å². The van der Waals surface area contributed by atoms with Gasteiger partial charge in [0.15, 0.2) is 0 Å². The maximum atomic E-state index is 11.0. The first-order valence-corrected chi connectivity index (χ1v) is 6.80. The molecule has 0 bridgehead atoms. The van der Waals surface area contributed by atoms with Crippen molar-refractivity contribution in [3.63, 3.8) is 0 Å². The fourth-order valence-corrected chi connectivity index (χ4v) is 2.73. The van der Waals surface area contributed by atoms with Crippen LogP contribution in [-0.2, 0) is 16.1 Å². The lowest BCUT2D eigenvalue weighted by Crippen LogP contribution is -2.25. The molecule has 0 aromatic carbocycles. The van der Waals surface area contributed by atoms with Crippen molar-refractivity contribution in [1.29, 1.82) is 0 Å². The Bertz CT molecular complexity index is 372. The van der Waals surface area contributed by atoms with Crippen molar-refractivity contribution in [2.45, 2.75) is 32.4 Å². The van der Waals surface area contributed by atoms with Crippen molar-refractivity contribution in [3.8, 4) is 0 Å². The highest BCUT2D eigenvalue weighted by atomic mass is 32.1. The number of hydrogen-bond acceptors (Lipinski definition) is 4. The van der Waals surface area contributed by atoms with E-state index >= 15 is 0 Å². The van der Waals surface area contributed by atoms with Gasteiger partial charge in [0.1, 0.15) is 0 Å². The van der Waals surface area contributed by atoms with Gasteiger partial charge in [-0.15, -0.1) is 11.3 Å². The number of ether oxygens (including phenoxy) is 1. The Morgan fingerprint density at radius 3 is 3.24 bits per heavy atom. The van der Waals surface area contributed by atoms with Crippen molar-refractivity contribution in [2.75, 3.05) is 18.5 Å². The molecule has 1 saturated heterocycles. The Labute approximate surface area is 105 Å². The first-order chi connectivity index (χ1) is 8.25. The largest absolute Gasteiger partial charge is 0.377 e. The second-order valence-corrected chi connectivity index (χ2v) is 5.21. The van der Waals surface area contributed by atoms with E-state index in [1.54, 1.807) is 11.3 Å². The molecule has 4 nitrogen and oxygen atoms in total. The van der Waals surface area contributed by atoms with Gasteiger partial charge in [-0.2, -0.15) is 0 Å². The molecule has 0 saturated carbocycles. The molecule has 1 aromatic rings. The number of carbonyl (C=O) groups excluding carboxylic acids is 1. The minimum atomic E-state index is -0.0243. The number of rotatable bonds is 5. The molecule has 17 heavy (non-hydrogen) atoms. The summed E-state index contributed by atoms with van der Waals surface area (Å²) in [7, 11) is 0. The SMILES string of the molecule is CC(=O)Nc1ccsc1CNCC1CCCO1. The summed E-state index contributed by atoms with van der Waals surface area (Å²) in [4.78, 5) is 12.2. The summed E-state index contributed by atoms with van der Waals surface area (Å²) in [6.07, 6.45) is 2.68. The molecule has 1 aliphatic rings. The predicted octanol–water partition coefficient (Wildman–Crippen LogP) is 1.98. The monoisotopic (exact) mass is 254 g/mol. The van der Waals surface area contributed by atoms with E-state index in [9.17, 15) is 4.79 Å². The van der Waals surface area contributed by atoms with Crippen LogP contribution in [-0.4, -0.2) is 25.2 Å². The molecule has 1 aromatic heterocycles. The summed E-state index contributed by atoms with van der Waals surface area (Å²) >= 11 is 1.66. The zero-order chi connectivity index (χ0) is 12.1. The van der Waals surface area contributed by atoms with Gasteiger partial charge in [-0.3, -0.25) is 4.79 Å². The molecule has 0 radical (unpaired) electrons. The second kappa shape index (κ2) is 6.14. The van der Waals surface area contributed by atoms with Gasteiger partial charge in [-0.05, 0) is 24.3 Å². The van der Waals surface area contributed by atoms with Gasteiger partial charge in [0.25, 0.3) is 0 Å². The van der Waals surface area contributed by atoms with Gasteiger partial charge >= 0.3 is 0 Å². The van der Waals surface area contributed by atoms with Crippen LogP contribution >= 0.6 is 11.3 Å². The minimum Gasteiger partial charge on any atom is -0.377 e. The summed E-state index contributed by atoms with van der Waals surface area (Å²) in [5.74, 6) is -0.0243. The van der Waals surface area contributed by atoms with Crippen LogP contribution in [0.25, 0.3) is 0 Å². The Morgan fingerprint density at radius 2 is 2.53 bits per heavy atom. The van der Waals surface area contributed by atoms with Crippen LogP contribution in [0.5, 0.6) is 0 Å². The second-order valence-electron chi connectivity index (χ2n) is 4.20. The third kappa shape index (κ3) is 3.80. The number of thiophene rings is 1. The average Bonchev–Trinajstić information content (AvgIpc) is 2.90. The number of anilines is 1. The Morgan fingerprint density at radius 1 is 1.65 bits per heavy atom. The molecule has 0 aliphatic carbocycles. The maximum Gasteiger partial charge on any atom is 0.221 e. The molecule has 1 atom stereocenters. The van der Waals surface area contributed by atoms with E-state index in [1.165, 1.54) is 13.3 Å². The van der Waals surface area contributed by atoms with E-state index in [2.05, 4.69) is 10.6 Å². The third-order valence-corrected chi connectivity index (χ3v) is 3.66. The van der Waals surface area contributed by atoms with Crippen LogP contribution in [0.2, 0.25) is 0 Å². The zero-order valence-corrected chi connectivity index (χ0v) is 10.8. The van der Waals surface area contributed by atoms with Gasteiger partial charge in [-0.1, -0.05) is 0 Å². The number of nitrogens with one attached hydrogen (secondary N) is 2. The molecule has 1 amide bonds. The van der Waals surface area contributed by atoms with E-state index in [0.29, 0.717) is 6.10 Å². The van der Waals surface area contributed by atoms with Gasteiger partial charge in [-0.25, -0.2) is 0 Å². The fourth-order valence-electron chi connectivity index (χ4n) is 1.93. The van der Waals surface area contributed by atoms with E-state index in [4.69, 9.17) is 4.74 Å². The average molecular weight is 254 g/mol. The summed E-state index contributed by atoms with van der Waals surface area (Å²) in [6, 6.07) is 1.94. The van der Waals surface area contributed by atoms with E-state index in [0.717, 1.165) is 36.7 Å². The standard InChI is InChI=1S/C12H18N2O2S/c1-9(15)14-11-4-6-17-12(11)8-13-7-10-3-2-5-16-10/h4,6,10,13H,2-3,5,7-8H2,1H3,(H,14,15). The van der Waals surface area contributed by atoms with Crippen LogP contribution < -0.4 is 10.6 Å². The molecule has 0 spiro atoms. The molecule has 2 rings (SSSR count). The lowest BCUT2D eigenvalue weighted by atomic mass is 10.2. The minimum absolute atomic E-state index is 0.0243. The Balaban J connectivity index is 1.77. The van der Waals surface area contributed by atoms with Crippen LogP contribution in [0.4, 0.5) is 5.69 Å². The van der Waals surface area contributed by atoms with Crippen molar-refractivity contribution >= 4 is 22.9 Å². The summed E-state index contributed by atoms with van der Waals surface area (Å²) in [5.41, 5.74) is 0.919. The normalized spacial score (nSPS) is 19.5. The molecular formula is C12H18N2O2S. The van der Waals surface area contributed by atoms with E-state index in [1.807, 2.05) is 11.4 Å². The van der Waals surface area contributed by atoms with Crippen LogP contribution in [0.1, 0.15) is 24.6 Å². The Hall–Kier alpha value is -0.910. The van der Waals surface area contributed by atoms with Crippen molar-refractivity contribution < 1.29 is 9.53 Å². The molecular weight excluding hydrogens is 236 g/mol. The lowest BCUT2D eigenvalue weighted by Gasteiger charge is -2.11. The number of hydrogen-bond donors (Lipinski definition) is 2. The highest BCUT2D eigenvalue weighted by Crippen LogP contribution is 2.22. The topological polar surface area (TPSA) is 50.4 Å². The fraction of sp³-hybridized carbons (Fsp3) is 0.583. The van der Waals surface area contributed by atoms with E-state index < -0.39 is 0 Å². The van der Waals surface area contributed by atoms with Crippen molar-refractivity contribution in [1.82, 2.24) is 5.32 Å². The third-order valence-electron chi connectivity index (χ3n) is 2.74. The first-order valence-electron chi connectivity index (χ1n) is 5.92. The molecule has 2 heterocycles. The van der Waals surface area contributed by atoms with E-state index in [-0.39, 0.29) is 5.91 Å². The predicted molar refractivity (Wildman–Crippen MR) is 69.3 cm³/mol. The maximum absolute atomic E-state index is 11.0. The quantitative estimate of drug-likeness (QED) is 0.844. The van der Waals surface area contributed by atoms with Gasteiger partial charge in [0.2, 0.25) is 5.91 Å². The number of amides is 1. The molecule has 1 aliphatic heterocycles. The van der Waals surface area contributed by atoms with Gasteiger partial charge in [0.05, 0.1) is 11.8 Å². The van der Waals surface area contributed by atoms with Crippen LogP contribution in [0, 0.1) is 0 Å². The highest BCUT2D eigenvalue weighted by Gasteiger charge is 2.15. The van der Waals surface area contributed by atoms with Gasteiger partial charge in [0, 0.05) is 31.5 Å². The highest BCUT2D eigenvalue weighted by molar-refractivity contribution is 7.10. The smallest absolute Gasteiger partial charge is 0.221 e. The zero-order valence-electron chi connectivity index (χ0n) is 9.99. The summed E-state index contributed by atoms with van der Waals surface area (Å²) < 4.78 is 5.54. The lowest BCUT2D eigenvalue weighted by molar-refractivity contribution is -0.114. The molecule has 1 fully saturated rings. The molecule has 5 heteroatoms. The number of carbonyl (C=O) groups is 1. The first kappa shape index (κ1) is 12.5. The molecule has 94 valence electrons. The van der Waals surface area contributed by atoms with Gasteiger partial charge < -0.3 is 15.4 Å². The van der Waals surface area contributed by atoms with Crippen LogP contribution in [0.3, 0.4) is 0 Å². The summed E-state index contributed by atoms with van der Waals surface area (Å²) in [6.45, 7) is 4.09. The van der Waals surface area contributed by atoms with Crippen LogP contribution in [0.15, 0.2) is 11.4 Å². The summed E-state index contributed by atoms with van der Waals surface area (Å²) in [5, 5.41) is 8.20. The Kier molecular flexibility index (Phi) is 4.53. The van der Waals surface area contributed by atoms with Crippen molar-refractivity contribution in [2.24, 2.45) is 0 Å². The molecule has 2 N–H and O–H groups in total.